The molecule has 0 spiro atoms. The molecule has 2 aliphatic heterocycles. The number of ether oxygens (including phenoxy) is 1. The Bertz CT molecular complexity index is 907. The van der Waals surface area contributed by atoms with Crippen molar-refractivity contribution < 1.29 is 14.6 Å². The van der Waals surface area contributed by atoms with Gasteiger partial charge < -0.3 is 20.1 Å². The molecule has 0 amide bonds. The van der Waals surface area contributed by atoms with E-state index in [1.54, 1.807) is 6.07 Å². The topological polar surface area (TPSA) is 61.8 Å². The third-order valence-electron chi connectivity index (χ3n) is 5.71. The summed E-state index contributed by atoms with van der Waals surface area (Å²) in [4.78, 5) is 13.7. The van der Waals surface area contributed by atoms with Crippen LogP contribution in [0, 0.1) is 5.41 Å². The van der Waals surface area contributed by atoms with Gasteiger partial charge in [-0.25, -0.2) is 4.79 Å². The van der Waals surface area contributed by atoms with Crippen molar-refractivity contribution in [3.63, 3.8) is 0 Å². The van der Waals surface area contributed by atoms with Gasteiger partial charge in [0.15, 0.2) is 0 Å². The number of nitrogens with zero attached hydrogens (tertiary/aromatic N) is 1. The van der Waals surface area contributed by atoms with Gasteiger partial charge in [0, 0.05) is 18.8 Å². The Hall–Kier alpha value is -2.24. The van der Waals surface area contributed by atoms with E-state index in [2.05, 4.69) is 48.3 Å². The second-order valence-electron chi connectivity index (χ2n) is 8.23. The van der Waals surface area contributed by atoms with E-state index in [4.69, 9.17) is 16.3 Å². The number of halogens is 1. The zero-order valence-electron chi connectivity index (χ0n) is 16.2. The first-order valence-electron chi connectivity index (χ1n) is 9.60. The number of benzene rings is 2. The number of rotatable bonds is 3. The number of hydrogen-bond acceptors (Lipinski definition) is 4. The maximum absolute atomic E-state index is 11.4. The Morgan fingerprint density at radius 3 is 2.71 bits per heavy atom. The number of carbonyl (C=O) groups is 1. The zero-order chi connectivity index (χ0) is 19.9. The van der Waals surface area contributed by atoms with E-state index in [0.29, 0.717) is 5.02 Å². The van der Waals surface area contributed by atoms with E-state index < -0.39 is 5.97 Å². The van der Waals surface area contributed by atoms with Gasteiger partial charge in [0.05, 0.1) is 35.5 Å². The highest BCUT2D eigenvalue weighted by atomic mass is 35.5. The molecule has 2 aromatic rings. The largest absolute Gasteiger partial charge is 0.478 e. The van der Waals surface area contributed by atoms with Crippen LogP contribution in [0.5, 0.6) is 0 Å². The minimum atomic E-state index is -0.956. The van der Waals surface area contributed by atoms with E-state index in [1.165, 1.54) is 17.3 Å². The van der Waals surface area contributed by atoms with Crippen molar-refractivity contribution in [1.82, 2.24) is 0 Å². The number of nitrogens with one attached hydrogen (secondary N) is 1. The molecule has 1 fully saturated rings. The number of fused-ring (bicyclic) bond motifs is 1. The Kier molecular flexibility index (Phi) is 4.98. The van der Waals surface area contributed by atoms with Crippen LogP contribution in [-0.4, -0.2) is 37.4 Å². The lowest BCUT2D eigenvalue weighted by Crippen LogP contribution is -2.37. The summed E-state index contributed by atoms with van der Waals surface area (Å²) < 4.78 is 5.47. The highest BCUT2D eigenvalue weighted by Crippen LogP contribution is 2.47. The molecule has 0 aliphatic carbocycles. The minimum Gasteiger partial charge on any atom is -0.478 e. The molecule has 0 aromatic heterocycles. The van der Waals surface area contributed by atoms with Crippen LogP contribution in [0.4, 0.5) is 11.4 Å². The van der Waals surface area contributed by atoms with Gasteiger partial charge in [-0.2, -0.15) is 0 Å². The van der Waals surface area contributed by atoms with Crippen molar-refractivity contribution in [1.29, 1.82) is 0 Å². The van der Waals surface area contributed by atoms with Gasteiger partial charge in [-0.15, -0.1) is 0 Å². The Morgan fingerprint density at radius 2 is 2.00 bits per heavy atom. The fourth-order valence-corrected chi connectivity index (χ4v) is 4.57. The molecular weight excluding hydrogens is 376 g/mol. The molecule has 28 heavy (non-hydrogen) atoms. The Labute approximate surface area is 170 Å². The summed E-state index contributed by atoms with van der Waals surface area (Å²) in [6.07, 6.45) is 0.753. The first-order chi connectivity index (χ1) is 13.3. The van der Waals surface area contributed by atoms with E-state index in [9.17, 15) is 9.90 Å². The smallest absolute Gasteiger partial charge is 0.335 e. The number of carboxylic acid groups (broad SMARTS) is 1. The predicted octanol–water partition coefficient (Wildman–Crippen LogP) is 4.61. The first kappa shape index (κ1) is 19.1. The molecule has 0 saturated carbocycles. The third kappa shape index (κ3) is 3.56. The molecular formula is C22H25ClN2O3. The molecule has 2 N–H and O–H groups in total. The van der Waals surface area contributed by atoms with Crippen LogP contribution in [0.2, 0.25) is 5.02 Å². The molecule has 1 atom stereocenters. The summed E-state index contributed by atoms with van der Waals surface area (Å²) in [6.45, 7) is 7.72. The molecule has 2 heterocycles. The van der Waals surface area contributed by atoms with Gasteiger partial charge in [-0.05, 0) is 47.2 Å². The van der Waals surface area contributed by atoms with Crippen molar-refractivity contribution in [3.05, 3.63) is 58.1 Å². The van der Waals surface area contributed by atoms with Crippen molar-refractivity contribution in [3.8, 4) is 0 Å². The fraction of sp³-hybridized carbons (Fsp3) is 0.409. The van der Waals surface area contributed by atoms with Gasteiger partial charge in [0.25, 0.3) is 0 Å². The van der Waals surface area contributed by atoms with Gasteiger partial charge >= 0.3 is 5.97 Å². The molecule has 1 saturated heterocycles. The van der Waals surface area contributed by atoms with E-state index >= 15 is 0 Å². The second kappa shape index (κ2) is 7.30. The molecule has 1 unspecified atom stereocenters. The maximum Gasteiger partial charge on any atom is 0.335 e. The summed E-state index contributed by atoms with van der Waals surface area (Å²) in [5.74, 6) is -0.956. The molecule has 4 rings (SSSR count). The highest BCUT2D eigenvalue weighted by Gasteiger charge is 2.37. The Balaban J connectivity index is 1.68. The zero-order valence-corrected chi connectivity index (χ0v) is 16.9. The normalized spacial score (nSPS) is 21.0. The van der Waals surface area contributed by atoms with E-state index in [-0.39, 0.29) is 17.0 Å². The maximum atomic E-state index is 11.4. The number of carboxylic acids is 1. The van der Waals surface area contributed by atoms with Crippen molar-refractivity contribution in [2.75, 3.05) is 36.5 Å². The number of morpholine rings is 1. The van der Waals surface area contributed by atoms with Gasteiger partial charge in [0.1, 0.15) is 0 Å². The average Bonchev–Trinajstić information content (AvgIpc) is 2.67. The summed E-state index contributed by atoms with van der Waals surface area (Å²) in [5.41, 5.74) is 4.34. The van der Waals surface area contributed by atoms with E-state index in [1.807, 2.05) is 0 Å². The molecule has 6 heteroatoms. The standard InChI is InChI=1S/C22H25ClN2O3/c1-22(2)13-16-10-15(21(26)27)12-18(23)19(16)24-20(22)14-4-3-5-17(11-14)25-6-8-28-9-7-25/h3-5,10-12,20,24H,6-9,13H2,1-2H3,(H,26,27). The monoisotopic (exact) mass is 400 g/mol. The second-order valence-corrected chi connectivity index (χ2v) is 8.64. The van der Waals surface area contributed by atoms with Crippen molar-refractivity contribution >= 4 is 28.9 Å². The lowest BCUT2D eigenvalue weighted by atomic mass is 9.72. The van der Waals surface area contributed by atoms with Crippen LogP contribution in [0.3, 0.4) is 0 Å². The quantitative estimate of drug-likeness (QED) is 0.787. The fourth-order valence-electron chi connectivity index (χ4n) is 4.28. The average molecular weight is 401 g/mol. The van der Waals surface area contributed by atoms with Gasteiger partial charge in [0.2, 0.25) is 0 Å². The molecule has 148 valence electrons. The van der Waals surface area contributed by atoms with Crippen molar-refractivity contribution in [2.45, 2.75) is 26.3 Å². The molecule has 2 aliphatic rings. The molecule has 2 aromatic carbocycles. The molecule has 0 bridgehead atoms. The summed E-state index contributed by atoms with van der Waals surface area (Å²) >= 11 is 6.44. The lowest BCUT2D eigenvalue weighted by Gasteiger charge is -2.42. The van der Waals surface area contributed by atoms with Crippen LogP contribution in [0.1, 0.15) is 41.4 Å². The minimum absolute atomic E-state index is 0.0779. The summed E-state index contributed by atoms with van der Waals surface area (Å²) in [7, 11) is 0. The summed E-state index contributed by atoms with van der Waals surface area (Å²) in [5, 5.41) is 13.4. The first-order valence-corrected chi connectivity index (χ1v) is 9.98. The highest BCUT2D eigenvalue weighted by molar-refractivity contribution is 6.33. The van der Waals surface area contributed by atoms with Crippen molar-refractivity contribution in [2.24, 2.45) is 5.41 Å². The van der Waals surface area contributed by atoms with Crippen LogP contribution < -0.4 is 10.2 Å². The van der Waals surface area contributed by atoms with Crippen LogP contribution in [0.25, 0.3) is 0 Å². The predicted molar refractivity (Wildman–Crippen MR) is 112 cm³/mol. The Morgan fingerprint density at radius 1 is 1.25 bits per heavy atom. The third-order valence-corrected chi connectivity index (χ3v) is 6.01. The van der Waals surface area contributed by atoms with Crippen LogP contribution in [-0.2, 0) is 11.2 Å². The molecule has 0 radical (unpaired) electrons. The summed E-state index contributed by atoms with van der Waals surface area (Å²) in [6, 6.07) is 12.0. The molecule has 5 nitrogen and oxygen atoms in total. The van der Waals surface area contributed by atoms with E-state index in [0.717, 1.165) is 44.0 Å². The van der Waals surface area contributed by atoms with Crippen LogP contribution >= 0.6 is 11.6 Å². The van der Waals surface area contributed by atoms with Gasteiger partial charge in [-0.3, -0.25) is 0 Å². The number of hydrogen-bond donors (Lipinski definition) is 2. The number of anilines is 2. The number of aromatic carboxylic acids is 1. The van der Waals surface area contributed by atoms with Gasteiger partial charge in [-0.1, -0.05) is 37.6 Å². The lowest BCUT2D eigenvalue weighted by molar-refractivity contribution is 0.0696. The SMILES string of the molecule is CC1(C)Cc2cc(C(=O)O)cc(Cl)c2NC1c1cccc(N2CCOCC2)c1. The van der Waals surface area contributed by atoms with Crippen LogP contribution in [0.15, 0.2) is 36.4 Å².